The number of amides is 1. The van der Waals surface area contributed by atoms with Crippen LogP contribution in [0.5, 0.6) is 0 Å². The molecule has 0 bridgehead atoms. The molecule has 1 aliphatic carbocycles. The topological polar surface area (TPSA) is 107 Å². The Labute approximate surface area is 194 Å². The van der Waals surface area contributed by atoms with Crippen LogP contribution >= 0.6 is 0 Å². The predicted octanol–water partition coefficient (Wildman–Crippen LogP) is 4.41. The van der Waals surface area contributed by atoms with E-state index in [9.17, 15) is 4.79 Å². The summed E-state index contributed by atoms with van der Waals surface area (Å²) in [4.78, 5) is 25.7. The first-order valence-corrected chi connectivity index (χ1v) is 11.5. The van der Waals surface area contributed by atoms with Crippen LogP contribution in [0.3, 0.4) is 0 Å². The van der Waals surface area contributed by atoms with Gasteiger partial charge in [0.2, 0.25) is 5.95 Å². The maximum atomic E-state index is 12.1. The molecule has 4 rings (SSSR count). The number of anilines is 1. The summed E-state index contributed by atoms with van der Waals surface area (Å²) in [6.45, 7) is 9.90. The average Bonchev–Trinajstić information content (AvgIpc) is 3.28. The average molecular weight is 452 g/mol. The predicted molar refractivity (Wildman–Crippen MR) is 128 cm³/mol. The van der Waals surface area contributed by atoms with Gasteiger partial charge in [-0.05, 0) is 58.1 Å². The summed E-state index contributed by atoms with van der Waals surface area (Å²) in [6, 6.07) is 4.26. The van der Waals surface area contributed by atoms with Crippen LogP contribution in [-0.2, 0) is 11.8 Å². The van der Waals surface area contributed by atoms with E-state index in [1.54, 1.807) is 6.20 Å². The van der Waals surface area contributed by atoms with Crippen molar-refractivity contribution in [2.24, 2.45) is 7.05 Å². The fourth-order valence-electron chi connectivity index (χ4n) is 4.41. The first-order chi connectivity index (χ1) is 15.6. The van der Waals surface area contributed by atoms with Gasteiger partial charge in [-0.25, -0.2) is 19.7 Å². The van der Waals surface area contributed by atoms with E-state index >= 15 is 0 Å². The lowest BCUT2D eigenvalue weighted by atomic mass is 10.1. The molecule has 0 saturated heterocycles. The number of pyridine rings is 1. The van der Waals surface area contributed by atoms with E-state index in [-0.39, 0.29) is 18.2 Å². The minimum absolute atomic E-state index is 0.0761. The van der Waals surface area contributed by atoms with Gasteiger partial charge in [-0.15, -0.1) is 0 Å². The fraction of sp³-hybridized carbons (Fsp3) is 0.542. The number of hydrogen-bond donors (Lipinski definition) is 2. The lowest BCUT2D eigenvalue weighted by molar-refractivity contribution is 0.0505. The molecule has 0 spiro atoms. The van der Waals surface area contributed by atoms with Gasteiger partial charge >= 0.3 is 6.09 Å². The number of alkyl carbamates (subject to hydrolysis) is 1. The Morgan fingerprint density at radius 3 is 2.70 bits per heavy atom. The molecule has 33 heavy (non-hydrogen) atoms. The number of nitrogens with zero attached hydrogens (tertiary/aromatic N) is 5. The number of aryl methyl sites for hydroxylation is 1. The molecular formula is C24H33N7O2. The van der Waals surface area contributed by atoms with E-state index in [0.29, 0.717) is 11.9 Å². The van der Waals surface area contributed by atoms with Gasteiger partial charge < -0.3 is 15.4 Å². The van der Waals surface area contributed by atoms with Gasteiger partial charge in [-0.2, -0.15) is 5.10 Å². The number of ether oxygens (including phenoxy) is 1. The normalized spacial score (nSPS) is 18.6. The van der Waals surface area contributed by atoms with Crippen LogP contribution in [0.1, 0.15) is 65.5 Å². The van der Waals surface area contributed by atoms with E-state index in [0.717, 1.165) is 47.2 Å². The monoisotopic (exact) mass is 451 g/mol. The zero-order valence-corrected chi connectivity index (χ0v) is 20.2. The first-order valence-electron chi connectivity index (χ1n) is 11.5. The Balaban J connectivity index is 1.45. The van der Waals surface area contributed by atoms with Crippen molar-refractivity contribution >= 4 is 23.1 Å². The molecule has 176 valence electrons. The highest BCUT2D eigenvalue weighted by atomic mass is 16.6. The van der Waals surface area contributed by atoms with Gasteiger partial charge in [0.15, 0.2) is 5.65 Å². The molecule has 1 fully saturated rings. The fourth-order valence-corrected chi connectivity index (χ4v) is 4.41. The van der Waals surface area contributed by atoms with E-state index in [2.05, 4.69) is 45.6 Å². The Morgan fingerprint density at radius 2 is 1.97 bits per heavy atom. The largest absolute Gasteiger partial charge is 0.444 e. The lowest BCUT2D eigenvalue weighted by Gasteiger charge is -2.21. The Bertz CT molecular complexity index is 1150. The molecule has 0 unspecified atom stereocenters. The summed E-state index contributed by atoms with van der Waals surface area (Å²) in [5.74, 6) is 0.912. The molecule has 0 aliphatic heterocycles. The Kier molecular flexibility index (Phi) is 6.23. The molecule has 9 nitrogen and oxygen atoms in total. The van der Waals surface area contributed by atoms with E-state index < -0.39 is 5.60 Å². The standard InChI is InChI=1S/C24H33N7O2/c1-14(2)20-18-11-15(13-26-21(18)30-31(20)6)19-9-10-25-22(29-19)27-16-7-8-17(12-16)28-23(32)33-24(3,4)5/h9-11,13-14,16-17H,7-8,12H2,1-6H3,(H,28,32)(H,25,27,29)/t16-,17-/m0/s1. The second-order valence-corrected chi connectivity index (χ2v) is 10.0. The first kappa shape index (κ1) is 22.9. The Hall–Kier alpha value is -3.23. The molecule has 0 radical (unpaired) electrons. The molecule has 2 atom stereocenters. The van der Waals surface area contributed by atoms with Gasteiger partial charge in [-0.1, -0.05) is 13.8 Å². The summed E-state index contributed by atoms with van der Waals surface area (Å²) >= 11 is 0. The number of rotatable bonds is 5. The molecule has 1 saturated carbocycles. The summed E-state index contributed by atoms with van der Waals surface area (Å²) in [5, 5.41) is 12.0. The third-order valence-electron chi connectivity index (χ3n) is 5.72. The summed E-state index contributed by atoms with van der Waals surface area (Å²) in [5.41, 5.74) is 3.13. The summed E-state index contributed by atoms with van der Waals surface area (Å²) in [6.07, 6.45) is 5.80. The molecule has 9 heteroatoms. The molecular weight excluding hydrogens is 418 g/mol. The smallest absolute Gasteiger partial charge is 0.407 e. The van der Waals surface area contributed by atoms with Crippen LogP contribution in [0.4, 0.5) is 10.7 Å². The maximum absolute atomic E-state index is 12.1. The molecule has 2 N–H and O–H groups in total. The van der Waals surface area contributed by atoms with Crippen molar-refractivity contribution in [3.8, 4) is 11.3 Å². The van der Waals surface area contributed by atoms with Crippen molar-refractivity contribution in [1.29, 1.82) is 0 Å². The van der Waals surface area contributed by atoms with Crippen molar-refractivity contribution < 1.29 is 9.53 Å². The van der Waals surface area contributed by atoms with E-state index in [4.69, 9.17) is 9.72 Å². The van der Waals surface area contributed by atoms with Gasteiger partial charge in [0, 0.05) is 42.5 Å². The van der Waals surface area contributed by atoms with Crippen LogP contribution < -0.4 is 10.6 Å². The van der Waals surface area contributed by atoms with Gasteiger partial charge in [0.05, 0.1) is 11.4 Å². The zero-order valence-electron chi connectivity index (χ0n) is 20.2. The number of hydrogen-bond acceptors (Lipinski definition) is 7. The number of fused-ring (bicyclic) bond motifs is 1. The van der Waals surface area contributed by atoms with Crippen molar-refractivity contribution in [3.63, 3.8) is 0 Å². The zero-order chi connectivity index (χ0) is 23.8. The van der Waals surface area contributed by atoms with Crippen LogP contribution in [0, 0.1) is 0 Å². The summed E-state index contributed by atoms with van der Waals surface area (Å²) < 4.78 is 7.27. The lowest BCUT2D eigenvalue weighted by Crippen LogP contribution is -2.38. The molecule has 1 amide bonds. The maximum Gasteiger partial charge on any atom is 0.407 e. The van der Waals surface area contributed by atoms with Crippen molar-refractivity contribution in [1.82, 2.24) is 30.0 Å². The van der Waals surface area contributed by atoms with Crippen molar-refractivity contribution in [2.45, 2.75) is 77.5 Å². The third-order valence-corrected chi connectivity index (χ3v) is 5.72. The van der Waals surface area contributed by atoms with E-state index in [1.807, 2.05) is 44.8 Å². The van der Waals surface area contributed by atoms with Gasteiger partial charge in [0.25, 0.3) is 0 Å². The minimum Gasteiger partial charge on any atom is -0.444 e. The molecule has 3 aromatic rings. The highest BCUT2D eigenvalue weighted by Gasteiger charge is 2.28. The van der Waals surface area contributed by atoms with Crippen LogP contribution in [0.2, 0.25) is 0 Å². The highest BCUT2D eigenvalue weighted by molar-refractivity contribution is 5.83. The molecule has 3 aromatic heterocycles. The second-order valence-electron chi connectivity index (χ2n) is 10.0. The van der Waals surface area contributed by atoms with Crippen molar-refractivity contribution in [3.05, 3.63) is 30.2 Å². The highest BCUT2D eigenvalue weighted by Crippen LogP contribution is 2.28. The van der Waals surface area contributed by atoms with Crippen LogP contribution in [0.15, 0.2) is 24.5 Å². The third kappa shape index (κ3) is 5.40. The number of carbonyl (C=O) groups is 1. The molecule has 0 aromatic carbocycles. The number of nitrogens with one attached hydrogen (secondary N) is 2. The van der Waals surface area contributed by atoms with Gasteiger partial charge in [-0.3, -0.25) is 4.68 Å². The molecule has 1 aliphatic rings. The number of carbonyl (C=O) groups excluding carboxylic acids is 1. The van der Waals surface area contributed by atoms with Crippen LogP contribution in [0.25, 0.3) is 22.3 Å². The molecule has 3 heterocycles. The van der Waals surface area contributed by atoms with Crippen LogP contribution in [-0.4, -0.2) is 48.5 Å². The second kappa shape index (κ2) is 8.96. The van der Waals surface area contributed by atoms with E-state index in [1.165, 1.54) is 0 Å². The minimum atomic E-state index is -0.502. The quantitative estimate of drug-likeness (QED) is 0.592. The van der Waals surface area contributed by atoms with Crippen molar-refractivity contribution in [2.75, 3.05) is 5.32 Å². The SMILES string of the molecule is CC(C)c1c2cc(-c3ccnc(N[C@H]4CC[C@H](NC(=O)OC(C)(C)C)C4)n3)cnc2nn1C. The van der Waals surface area contributed by atoms with Gasteiger partial charge in [0.1, 0.15) is 5.60 Å². The summed E-state index contributed by atoms with van der Waals surface area (Å²) in [7, 11) is 1.95. The number of aromatic nitrogens is 5. The Morgan fingerprint density at radius 1 is 1.21 bits per heavy atom.